The van der Waals surface area contributed by atoms with E-state index in [1.165, 1.54) is 6.07 Å². The highest BCUT2D eigenvalue weighted by atomic mass is 19.4. The zero-order chi connectivity index (χ0) is 26.7. The minimum Gasteiger partial charge on any atom is -0.406 e. The number of amides is 1. The van der Waals surface area contributed by atoms with Crippen LogP contribution in [-0.4, -0.2) is 55.4 Å². The molecule has 0 spiro atoms. The number of aromatic nitrogens is 1. The molecule has 198 valence electrons. The van der Waals surface area contributed by atoms with Crippen LogP contribution >= 0.6 is 0 Å². The van der Waals surface area contributed by atoms with Crippen molar-refractivity contribution in [3.8, 4) is 5.75 Å². The van der Waals surface area contributed by atoms with E-state index in [9.17, 15) is 22.4 Å². The van der Waals surface area contributed by atoms with Crippen LogP contribution in [0, 0.1) is 12.7 Å². The van der Waals surface area contributed by atoms with E-state index in [4.69, 9.17) is 4.98 Å². The topological polar surface area (TPSA) is 57.7 Å². The molecule has 1 amide bonds. The molecule has 0 radical (unpaired) electrons. The van der Waals surface area contributed by atoms with Crippen LogP contribution in [0.4, 0.5) is 29.1 Å². The predicted molar refractivity (Wildman–Crippen MR) is 135 cm³/mol. The summed E-state index contributed by atoms with van der Waals surface area (Å²) in [6.07, 6.45) is -2.72. The number of nitrogens with one attached hydrogen (secondary N) is 1. The van der Waals surface area contributed by atoms with Crippen LogP contribution in [-0.2, 0) is 11.2 Å². The quantitative estimate of drug-likeness (QED) is 0.408. The number of carbonyl (C=O) groups excluding carboxylic acids is 1. The number of piperidine rings is 1. The van der Waals surface area contributed by atoms with E-state index >= 15 is 0 Å². The fourth-order valence-corrected chi connectivity index (χ4v) is 4.63. The molecule has 2 heterocycles. The van der Waals surface area contributed by atoms with Gasteiger partial charge in [-0.3, -0.25) is 4.79 Å². The minimum atomic E-state index is -4.90. The van der Waals surface area contributed by atoms with Crippen molar-refractivity contribution in [3.05, 3.63) is 59.4 Å². The lowest BCUT2D eigenvalue weighted by atomic mass is 10.0. The second-order valence-corrected chi connectivity index (χ2v) is 9.56. The summed E-state index contributed by atoms with van der Waals surface area (Å²) in [4.78, 5) is 21.9. The Morgan fingerprint density at radius 1 is 1.14 bits per heavy atom. The van der Waals surface area contributed by atoms with Crippen molar-refractivity contribution in [2.45, 2.75) is 45.0 Å². The summed E-state index contributed by atoms with van der Waals surface area (Å²) in [5, 5.41) is 3.74. The number of rotatable bonds is 7. The standard InChI is InChI=1S/C27H30F4N4O2/c1-17-14-25(35-12-10-20(11-13-35)34(2)3)33-24-8-6-19(15-22(17)24)32-26(36)9-5-18-4-7-21(16-23(18)28)37-27(29,30)31/h4,6-8,14-16,20H,5,9-13H2,1-3H3,(H,32,36). The number of hydrogen-bond donors (Lipinski definition) is 1. The van der Waals surface area contributed by atoms with E-state index in [1.54, 1.807) is 6.07 Å². The smallest absolute Gasteiger partial charge is 0.406 e. The predicted octanol–water partition coefficient (Wildman–Crippen LogP) is 5.68. The molecule has 0 unspecified atom stereocenters. The molecule has 0 aliphatic carbocycles. The van der Waals surface area contributed by atoms with Crippen molar-refractivity contribution in [1.82, 2.24) is 9.88 Å². The maximum atomic E-state index is 14.2. The van der Waals surface area contributed by atoms with Gasteiger partial charge in [0.2, 0.25) is 5.91 Å². The molecule has 4 rings (SSSR count). The van der Waals surface area contributed by atoms with Gasteiger partial charge < -0.3 is 19.9 Å². The molecule has 1 saturated heterocycles. The van der Waals surface area contributed by atoms with Gasteiger partial charge in [-0.05, 0) is 81.7 Å². The Morgan fingerprint density at radius 2 is 1.86 bits per heavy atom. The van der Waals surface area contributed by atoms with E-state index < -0.39 is 17.9 Å². The van der Waals surface area contributed by atoms with Gasteiger partial charge in [0.05, 0.1) is 5.52 Å². The minimum absolute atomic E-state index is 0.0337. The largest absolute Gasteiger partial charge is 0.573 e. The highest BCUT2D eigenvalue weighted by Crippen LogP contribution is 2.28. The van der Waals surface area contributed by atoms with Crippen LogP contribution < -0.4 is 15.0 Å². The van der Waals surface area contributed by atoms with Crippen molar-refractivity contribution >= 4 is 28.3 Å². The SMILES string of the molecule is Cc1cc(N2CCC(N(C)C)CC2)nc2ccc(NC(=O)CCc3ccc(OC(F)(F)F)cc3F)cc12. The van der Waals surface area contributed by atoms with Gasteiger partial charge in [-0.15, -0.1) is 13.2 Å². The van der Waals surface area contributed by atoms with Crippen LogP contribution in [0.2, 0.25) is 0 Å². The lowest BCUT2D eigenvalue weighted by Gasteiger charge is -2.36. The molecule has 2 aromatic carbocycles. The van der Waals surface area contributed by atoms with Crippen LogP contribution in [0.3, 0.4) is 0 Å². The number of nitrogens with zero attached hydrogens (tertiary/aromatic N) is 3. The summed E-state index contributed by atoms with van der Waals surface area (Å²) in [7, 11) is 4.23. The highest BCUT2D eigenvalue weighted by Gasteiger charge is 2.31. The number of aryl methyl sites for hydroxylation is 2. The molecule has 1 N–H and O–H groups in total. The number of benzene rings is 2. The number of halogens is 4. The molecule has 0 atom stereocenters. The Labute approximate surface area is 213 Å². The van der Waals surface area contributed by atoms with Crippen LogP contribution in [0.1, 0.15) is 30.4 Å². The van der Waals surface area contributed by atoms with Gasteiger partial charge in [0.25, 0.3) is 0 Å². The van der Waals surface area contributed by atoms with E-state index in [0.717, 1.165) is 54.3 Å². The summed E-state index contributed by atoms with van der Waals surface area (Å²) in [5.41, 5.74) is 2.61. The molecular weight excluding hydrogens is 488 g/mol. The molecule has 1 aliphatic heterocycles. The average Bonchev–Trinajstić information content (AvgIpc) is 2.83. The Morgan fingerprint density at radius 3 is 2.51 bits per heavy atom. The van der Waals surface area contributed by atoms with Gasteiger partial charge in [0.15, 0.2) is 0 Å². The van der Waals surface area contributed by atoms with Crippen molar-refractivity contribution in [2.75, 3.05) is 37.4 Å². The Hall–Kier alpha value is -3.40. The zero-order valence-corrected chi connectivity index (χ0v) is 21.0. The first-order chi connectivity index (χ1) is 17.5. The third-order valence-corrected chi connectivity index (χ3v) is 6.68. The number of fused-ring (bicyclic) bond motifs is 1. The van der Waals surface area contributed by atoms with Gasteiger partial charge >= 0.3 is 6.36 Å². The molecule has 10 heteroatoms. The maximum absolute atomic E-state index is 14.2. The summed E-state index contributed by atoms with van der Waals surface area (Å²) in [6, 6.07) is 11.0. The molecular formula is C27H30F4N4O2. The molecule has 1 aliphatic rings. The number of ether oxygens (including phenoxy) is 1. The third kappa shape index (κ3) is 6.88. The number of carbonyl (C=O) groups is 1. The number of alkyl halides is 3. The first kappa shape index (κ1) is 26.7. The lowest BCUT2D eigenvalue weighted by molar-refractivity contribution is -0.274. The normalized spacial score (nSPS) is 14.9. The second kappa shape index (κ2) is 10.9. The Kier molecular flexibility index (Phi) is 7.87. The molecule has 0 saturated carbocycles. The molecule has 0 bridgehead atoms. The summed E-state index contributed by atoms with van der Waals surface area (Å²) in [5.74, 6) is -0.878. The summed E-state index contributed by atoms with van der Waals surface area (Å²) in [6.45, 7) is 3.92. The van der Waals surface area contributed by atoms with Gasteiger partial charge in [-0.2, -0.15) is 0 Å². The molecule has 1 aromatic heterocycles. The zero-order valence-electron chi connectivity index (χ0n) is 21.0. The molecule has 1 fully saturated rings. The molecule has 37 heavy (non-hydrogen) atoms. The van der Waals surface area contributed by atoms with Crippen molar-refractivity contribution < 1.29 is 27.1 Å². The van der Waals surface area contributed by atoms with Gasteiger partial charge in [-0.25, -0.2) is 9.37 Å². The van der Waals surface area contributed by atoms with Crippen molar-refractivity contribution in [2.24, 2.45) is 0 Å². The molecule has 6 nitrogen and oxygen atoms in total. The Bertz CT molecular complexity index is 1270. The van der Waals surface area contributed by atoms with Gasteiger partial charge in [0.1, 0.15) is 17.4 Å². The summed E-state index contributed by atoms with van der Waals surface area (Å²) < 4.78 is 54.7. The fourth-order valence-electron chi connectivity index (χ4n) is 4.63. The number of pyridine rings is 1. The van der Waals surface area contributed by atoms with E-state index in [-0.39, 0.29) is 24.3 Å². The number of hydrogen-bond acceptors (Lipinski definition) is 5. The monoisotopic (exact) mass is 518 g/mol. The van der Waals surface area contributed by atoms with Gasteiger partial charge in [-0.1, -0.05) is 6.07 Å². The van der Waals surface area contributed by atoms with Crippen LogP contribution in [0.5, 0.6) is 5.75 Å². The lowest BCUT2D eigenvalue weighted by Crippen LogP contribution is -2.42. The highest BCUT2D eigenvalue weighted by molar-refractivity contribution is 5.94. The maximum Gasteiger partial charge on any atom is 0.573 e. The van der Waals surface area contributed by atoms with Crippen molar-refractivity contribution in [3.63, 3.8) is 0 Å². The van der Waals surface area contributed by atoms with Gasteiger partial charge in [0, 0.05) is 42.7 Å². The summed E-state index contributed by atoms with van der Waals surface area (Å²) >= 11 is 0. The first-order valence-corrected chi connectivity index (χ1v) is 12.2. The van der Waals surface area contributed by atoms with E-state index in [1.807, 2.05) is 19.1 Å². The third-order valence-electron chi connectivity index (χ3n) is 6.68. The first-order valence-electron chi connectivity index (χ1n) is 12.2. The Balaban J connectivity index is 1.38. The fraction of sp³-hybridized carbons (Fsp3) is 0.407. The van der Waals surface area contributed by atoms with E-state index in [2.05, 4.69) is 40.0 Å². The second-order valence-electron chi connectivity index (χ2n) is 9.56. The van der Waals surface area contributed by atoms with Crippen LogP contribution in [0.15, 0.2) is 42.5 Å². The van der Waals surface area contributed by atoms with E-state index in [0.29, 0.717) is 17.8 Å². The molecule has 3 aromatic rings. The van der Waals surface area contributed by atoms with Crippen LogP contribution in [0.25, 0.3) is 10.9 Å². The number of anilines is 2. The van der Waals surface area contributed by atoms with Crippen molar-refractivity contribution in [1.29, 1.82) is 0 Å². The average molecular weight is 519 g/mol.